The van der Waals surface area contributed by atoms with Gasteiger partial charge in [0.15, 0.2) is 0 Å². The zero-order chi connectivity index (χ0) is 16.1. The largest absolute Gasteiger partial charge is 0.295 e. The lowest BCUT2D eigenvalue weighted by Crippen LogP contribution is -2.43. The van der Waals surface area contributed by atoms with Gasteiger partial charge in [0.05, 0.1) is 16.3 Å². The molecule has 1 aliphatic rings. The van der Waals surface area contributed by atoms with Crippen LogP contribution in [0.3, 0.4) is 0 Å². The SMILES string of the molecule is Clc1cccc(Cl)c1/C=N\N1CCN(Cc2ccccc2)CC1. The molecule has 0 unspecified atom stereocenters. The minimum Gasteiger partial charge on any atom is -0.295 e. The number of nitrogens with zero attached hydrogens (tertiary/aromatic N) is 3. The van der Waals surface area contributed by atoms with Crippen LogP contribution in [0.5, 0.6) is 0 Å². The first-order chi connectivity index (χ1) is 11.2. The molecule has 0 aliphatic carbocycles. The minimum atomic E-state index is 0.629. The monoisotopic (exact) mass is 347 g/mol. The molecular weight excluding hydrogens is 329 g/mol. The fourth-order valence-corrected chi connectivity index (χ4v) is 3.12. The molecule has 1 saturated heterocycles. The van der Waals surface area contributed by atoms with Gasteiger partial charge in [-0.1, -0.05) is 59.6 Å². The van der Waals surface area contributed by atoms with Crippen LogP contribution in [0, 0.1) is 0 Å². The summed E-state index contributed by atoms with van der Waals surface area (Å²) in [5, 5.41) is 7.86. The van der Waals surface area contributed by atoms with E-state index in [0.717, 1.165) is 38.3 Å². The highest BCUT2D eigenvalue weighted by molar-refractivity contribution is 6.38. The number of piperazine rings is 1. The van der Waals surface area contributed by atoms with Crippen molar-refractivity contribution in [3.63, 3.8) is 0 Å². The van der Waals surface area contributed by atoms with Gasteiger partial charge < -0.3 is 0 Å². The second-order valence-corrected chi connectivity index (χ2v) is 6.41. The first-order valence-electron chi connectivity index (χ1n) is 7.71. The molecule has 3 nitrogen and oxygen atoms in total. The van der Waals surface area contributed by atoms with Crippen molar-refractivity contribution in [3.05, 3.63) is 69.7 Å². The van der Waals surface area contributed by atoms with Crippen LogP contribution in [-0.2, 0) is 6.54 Å². The third-order valence-corrected chi connectivity index (χ3v) is 4.61. The van der Waals surface area contributed by atoms with Crippen LogP contribution in [0.2, 0.25) is 10.0 Å². The number of hydrogen-bond donors (Lipinski definition) is 0. The average Bonchev–Trinajstić information content (AvgIpc) is 2.57. The molecule has 23 heavy (non-hydrogen) atoms. The lowest BCUT2D eigenvalue weighted by Gasteiger charge is -2.33. The van der Waals surface area contributed by atoms with E-state index in [-0.39, 0.29) is 0 Å². The molecule has 0 saturated carbocycles. The summed E-state index contributed by atoms with van der Waals surface area (Å²) in [5.74, 6) is 0. The summed E-state index contributed by atoms with van der Waals surface area (Å²) in [6, 6.07) is 16.1. The number of halogens is 2. The predicted molar refractivity (Wildman–Crippen MR) is 97.3 cm³/mol. The molecule has 1 aliphatic heterocycles. The van der Waals surface area contributed by atoms with Crippen LogP contribution in [0.4, 0.5) is 0 Å². The summed E-state index contributed by atoms with van der Waals surface area (Å²) in [6.45, 7) is 4.82. The standard InChI is InChI=1S/C18H19Cl2N3/c19-17-7-4-8-18(20)16(17)13-21-23-11-9-22(10-12-23)14-15-5-2-1-3-6-15/h1-8,13H,9-12,14H2/b21-13-. The van der Waals surface area contributed by atoms with Crippen LogP contribution in [0.15, 0.2) is 53.6 Å². The van der Waals surface area contributed by atoms with Gasteiger partial charge in [-0.05, 0) is 17.7 Å². The summed E-state index contributed by atoms with van der Waals surface area (Å²) < 4.78 is 0. The molecule has 2 aromatic rings. The molecular formula is C18H19Cl2N3. The van der Waals surface area contributed by atoms with E-state index in [1.165, 1.54) is 5.56 Å². The lowest BCUT2D eigenvalue weighted by atomic mass is 10.2. The second kappa shape index (κ2) is 7.82. The van der Waals surface area contributed by atoms with E-state index in [9.17, 15) is 0 Å². The zero-order valence-corrected chi connectivity index (χ0v) is 14.3. The summed E-state index contributed by atoms with van der Waals surface area (Å²) in [4.78, 5) is 2.45. The van der Waals surface area contributed by atoms with Crippen molar-refractivity contribution < 1.29 is 0 Å². The van der Waals surface area contributed by atoms with Crippen molar-refractivity contribution in [1.82, 2.24) is 9.91 Å². The highest BCUT2D eigenvalue weighted by atomic mass is 35.5. The number of hydrogen-bond acceptors (Lipinski definition) is 3. The molecule has 1 heterocycles. The van der Waals surface area contributed by atoms with Gasteiger partial charge in [-0.25, -0.2) is 0 Å². The molecule has 1 fully saturated rings. The molecule has 0 atom stereocenters. The molecule has 3 rings (SSSR count). The summed E-state index contributed by atoms with van der Waals surface area (Å²) in [7, 11) is 0. The molecule has 120 valence electrons. The van der Waals surface area contributed by atoms with Gasteiger partial charge in [0.1, 0.15) is 0 Å². The van der Waals surface area contributed by atoms with Gasteiger partial charge in [-0.3, -0.25) is 9.91 Å². The Bertz CT molecular complexity index is 645. The highest BCUT2D eigenvalue weighted by Crippen LogP contribution is 2.22. The Labute approximate surface area is 147 Å². The third kappa shape index (κ3) is 4.47. The maximum absolute atomic E-state index is 6.16. The molecule has 2 aromatic carbocycles. The van der Waals surface area contributed by atoms with Crippen molar-refractivity contribution in [3.8, 4) is 0 Å². The maximum Gasteiger partial charge on any atom is 0.0572 e. The lowest BCUT2D eigenvalue weighted by molar-refractivity contribution is 0.131. The third-order valence-electron chi connectivity index (χ3n) is 3.95. The number of hydrazone groups is 1. The van der Waals surface area contributed by atoms with E-state index < -0.39 is 0 Å². The topological polar surface area (TPSA) is 18.8 Å². The van der Waals surface area contributed by atoms with E-state index in [2.05, 4.69) is 45.3 Å². The molecule has 0 bridgehead atoms. The van der Waals surface area contributed by atoms with Gasteiger partial charge in [0.2, 0.25) is 0 Å². The Hall–Kier alpha value is -1.55. The van der Waals surface area contributed by atoms with Gasteiger partial charge in [-0.2, -0.15) is 5.10 Å². The predicted octanol–water partition coefficient (Wildman–Crippen LogP) is 4.15. The molecule has 0 amide bonds. The zero-order valence-electron chi connectivity index (χ0n) is 12.8. The van der Waals surface area contributed by atoms with E-state index in [1.54, 1.807) is 6.21 Å². The van der Waals surface area contributed by atoms with Crippen LogP contribution >= 0.6 is 23.2 Å². The highest BCUT2D eigenvalue weighted by Gasteiger charge is 2.15. The number of rotatable bonds is 4. The Morgan fingerprint density at radius 2 is 1.52 bits per heavy atom. The summed E-state index contributed by atoms with van der Waals surface area (Å²) >= 11 is 12.3. The smallest absolute Gasteiger partial charge is 0.0572 e. The van der Waals surface area contributed by atoms with E-state index in [0.29, 0.717) is 10.0 Å². The number of benzene rings is 2. The Morgan fingerprint density at radius 1 is 0.870 bits per heavy atom. The molecule has 0 spiro atoms. The van der Waals surface area contributed by atoms with Crippen LogP contribution in [-0.4, -0.2) is 42.3 Å². The molecule has 0 aromatic heterocycles. The second-order valence-electron chi connectivity index (χ2n) is 5.60. The van der Waals surface area contributed by atoms with Gasteiger partial charge in [0.25, 0.3) is 0 Å². The fraction of sp³-hybridized carbons (Fsp3) is 0.278. The fourth-order valence-electron chi connectivity index (χ4n) is 2.63. The first-order valence-corrected chi connectivity index (χ1v) is 8.47. The summed E-state index contributed by atoms with van der Waals surface area (Å²) in [5.41, 5.74) is 2.13. The van der Waals surface area contributed by atoms with Crippen molar-refractivity contribution in [2.45, 2.75) is 6.54 Å². The quantitative estimate of drug-likeness (QED) is 0.773. The van der Waals surface area contributed by atoms with Gasteiger partial charge in [-0.15, -0.1) is 0 Å². The minimum absolute atomic E-state index is 0.629. The normalized spacial score (nSPS) is 16.2. The molecule has 0 radical (unpaired) electrons. The van der Waals surface area contributed by atoms with Gasteiger partial charge in [0, 0.05) is 38.3 Å². The van der Waals surface area contributed by atoms with Crippen LogP contribution in [0.25, 0.3) is 0 Å². The van der Waals surface area contributed by atoms with Crippen LogP contribution in [0.1, 0.15) is 11.1 Å². The van der Waals surface area contributed by atoms with E-state index in [4.69, 9.17) is 23.2 Å². The van der Waals surface area contributed by atoms with E-state index >= 15 is 0 Å². The van der Waals surface area contributed by atoms with E-state index in [1.807, 2.05) is 18.2 Å². The van der Waals surface area contributed by atoms with Gasteiger partial charge >= 0.3 is 0 Å². The molecule has 5 heteroatoms. The van der Waals surface area contributed by atoms with Crippen molar-refractivity contribution in [2.75, 3.05) is 26.2 Å². The maximum atomic E-state index is 6.16. The summed E-state index contributed by atoms with van der Waals surface area (Å²) in [6.07, 6.45) is 1.76. The van der Waals surface area contributed by atoms with Crippen molar-refractivity contribution >= 4 is 29.4 Å². The first kappa shape index (κ1) is 16.3. The molecule has 0 N–H and O–H groups in total. The Balaban J connectivity index is 1.54. The Morgan fingerprint density at radius 3 is 2.17 bits per heavy atom. The van der Waals surface area contributed by atoms with Crippen molar-refractivity contribution in [1.29, 1.82) is 0 Å². The van der Waals surface area contributed by atoms with Crippen LogP contribution < -0.4 is 0 Å². The Kier molecular flexibility index (Phi) is 5.55. The average molecular weight is 348 g/mol. The van der Waals surface area contributed by atoms with Crippen molar-refractivity contribution in [2.24, 2.45) is 5.10 Å².